The maximum atomic E-state index is 11.0. The van der Waals surface area contributed by atoms with Crippen molar-refractivity contribution in [1.82, 2.24) is 4.98 Å². The zero-order chi connectivity index (χ0) is 9.14. The normalized spacial score (nSPS) is 9.17. The topological polar surface area (TPSA) is 62.3 Å². The molecule has 1 aromatic rings. The third-order valence-electron chi connectivity index (χ3n) is 1.53. The molecule has 0 aliphatic carbocycles. The molecule has 1 N–H and O–H groups in total. The molecule has 4 heteroatoms. The number of nitrogens with zero attached hydrogens (tertiary/aromatic N) is 1. The van der Waals surface area contributed by atoms with Gasteiger partial charge >= 0.3 is 0 Å². The molecule has 1 rings (SSSR count). The van der Waals surface area contributed by atoms with Crippen LogP contribution in [0.5, 0.6) is 0 Å². The molecule has 0 saturated heterocycles. The second-order valence-electron chi connectivity index (χ2n) is 2.50. The Labute approximate surface area is 69.3 Å². The van der Waals surface area contributed by atoms with Crippen molar-refractivity contribution in [3.05, 3.63) is 23.0 Å². The van der Waals surface area contributed by atoms with Crippen LogP contribution in [0.4, 0.5) is 0 Å². The van der Waals surface area contributed by atoms with Gasteiger partial charge in [-0.1, -0.05) is 0 Å². The van der Waals surface area contributed by atoms with Crippen molar-refractivity contribution in [3.63, 3.8) is 0 Å². The second-order valence-corrected chi connectivity index (χ2v) is 2.50. The molecule has 0 radical (unpaired) electrons. The van der Waals surface area contributed by atoms with Gasteiger partial charge in [0.2, 0.25) is 6.08 Å². The fraction of sp³-hybridized carbons (Fsp3) is 0.250. The quantitative estimate of drug-likeness (QED) is 0.499. The number of aliphatic imine (C=N–C) groups is 1. The summed E-state index contributed by atoms with van der Waals surface area (Å²) < 4.78 is 0. The maximum Gasteiger partial charge on any atom is 0.289 e. The molecule has 62 valence electrons. The minimum absolute atomic E-state index is 0.427. The molecule has 0 bridgehead atoms. The molecule has 1 heterocycles. The van der Waals surface area contributed by atoms with Gasteiger partial charge in [0.1, 0.15) is 0 Å². The van der Waals surface area contributed by atoms with E-state index < -0.39 is 5.91 Å². The monoisotopic (exact) mass is 164 g/mol. The molecule has 1 aromatic heterocycles. The number of rotatable bonds is 1. The van der Waals surface area contributed by atoms with Crippen LogP contribution in [0.25, 0.3) is 0 Å². The molecular weight excluding hydrogens is 156 g/mol. The number of aromatic nitrogens is 1. The Morgan fingerprint density at radius 2 is 2.25 bits per heavy atom. The molecule has 0 fully saturated rings. The predicted molar refractivity (Wildman–Crippen MR) is 42.7 cm³/mol. The molecule has 12 heavy (non-hydrogen) atoms. The van der Waals surface area contributed by atoms with Gasteiger partial charge in [-0.2, -0.15) is 0 Å². The van der Waals surface area contributed by atoms with Crippen molar-refractivity contribution in [2.45, 2.75) is 13.8 Å². The Morgan fingerprint density at radius 1 is 1.58 bits per heavy atom. The van der Waals surface area contributed by atoms with Gasteiger partial charge in [0.15, 0.2) is 0 Å². The number of H-pyrrole nitrogens is 1. The largest absolute Gasteiger partial charge is 0.362 e. The third-order valence-corrected chi connectivity index (χ3v) is 1.53. The van der Waals surface area contributed by atoms with Crippen LogP contribution in [0.3, 0.4) is 0 Å². The Hall–Kier alpha value is -1.67. The van der Waals surface area contributed by atoms with Crippen molar-refractivity contribution < 1.29 is 9.59 Å². The highest BCUT2D eigenvalue weighted by Crippen LogP contribution is 2.09. The fourth-order valence-electron chi connectivity index (χ4n) is 1.05. The Kier molecular flexibility index (Phi) is 2.21. The lowest BCUT2D eigenvalue weighted by molar-refractivity contribution is 0.100. The summed E-state index contributed by atoms with van der Waals surface area (Å²) in [6.45, 7) is 3.58. The number of nitrogens with one attached hydrogen (secondary N) is 1. The molecule has 0 spiro atoms. The average Bonchev–Trinajstić information content (AvgIpc) is 2.30. The fourth-order valence-corrected chi connectivity index (χ4v) is 1.05. The van der Waals surface area contributed by atoms with Crippen molar-refractivity contribution in [2.75, 3.05) is 0 Å². The summed E-state index contributed by atoms with van der Waals surface area (Å²) in [7, 11) is 0. The Bertz CT molecular complexity index is 359. The van der Waals surface area contributed by atoms with Crippen LogP contribution in [-0.4, -0.2) is 17.0 Å². The highest BCUT2D eigenvalue weighted by atomic mass is 16.2. The van der Waals surface area contributed by atoms with Crippen LogP contribution < -0.4 is 0 Å². The molecule has 0 atom stereocenters. The van der Waals surface area contributed by atoms with Crippen LogP contribution in [0, 0.1) is 13.8 Å². The summed E-state index contributed by atoms with van der Waals surface area (Å²) in [6.07, 6.45) is 1.21. The molecule has 0 aliphatic rings. The number of aromatic amines is 1. The first-order valence-corrected chi connectivity index (χ1v) is 3.43. The lowest BCUT2D eigenvalue weighted by Gasteiger charge is -1.87. The van der Waals surface area contributed by atoms with E-state index in [9.17, 15) is 9.59 Å². The number of hydrogen-bond donors (Lipinski definition) is 1. The molecular formula is C8H8N2O2. The maximum absolute atomic E-state index is 11.0. The summed E-state index contributed by atoms with van der Waals surface area (Å²) in [5.41, 5.74) is 2.02. The second kappa shape index (κ2) is 3.15. The zero-order valence-corrected chi connectivity index (χ0v) is 6.84. The number of aryl methyl sites for hydroxylation is 2. The minimum atomic E-state index is -0.549. The van der Waals surface area contributed by atoms with Crippen LogP contribution in [0.15, 0.2) is 11.1 Å². The highest BCUT2D eigenvalue weighted by molar-refractivity contribution is 5.98. The van der Waals surface area contributed by atoms with E-state index in [0.717, 1.165) is 11.4 Å². The summed E-state index contributed by atoms with van der Waals surface area (Å²) in [5, 5.41) is 0. The van der Waals surface area contributed by atoms with Crippen LogP contribution >= 0.6 is 0 Å². The predicted octanol–water partition coefficient (Wildman–Crippen LogP) is 1.11. The number of hydrogen-bond acceptors (Lipinski definition) is 2. The van der Waals surface area contributed by atoms with Crippen molar-refractivity contribution in [3.8, 4) is 0 Å². The third kappa shape index (κ3) is 1.49. The highest BCUT2D eigenvalue weighted by Gasteiger charge is 2.09. The van der Waals surface area contributed by atoms with Crippen LogP contribution in [-0.2, 0) is 4.79 Å². The van der Waals surface area contributed by atoms with E-state index in [1.54, 1.807) is 13.0 Å². The summed E-state index contributed by atoms with van der Waals surface area (Å²) in [5.74, 6) is -0.549. The molecule has 0 aromatic carbocycles. The van der Waals surface area contributed by atoms with E-state index in [0.29, 0.717) is 5.56 Å². The van der Waals surface area contributed by atoms with Crippen molar-refractivity contribution in [2.24, 2.45) is 4.99 Å². The van der Waals surface area contributed by atoms with Crippen molar-refractivity contribution in [1.29, 1.82) is 0 Å². The van der Waals surface area contributed by atoms with Crippen LogP contribution in [0.1, 0.15) is 21.7 Å². The smallest absolute Gasteiger partial charge is 0.289 e. The summed E-state index contributed by atoms with van der Waals surface area (Å²) >= 11 is 0. The molecule has 4 nitrogen and oxygen atoms in total. The van der Waals surface area contributed by atoms with Gasteiger partial charge in [0, 0.05) is 11.4 Å². The molecule has 0 saturated carbocycles. The molecule has 1 amide bonds. The SMILES string of the molecule is Cc1cc(C(=O)N=C=O)c(C)[nH]1. The van der Waals surface area contributed by atoms with Crippen molar-refractivity contribution >= 4 is 12.0 Å². The average molecular weight is 164 g/mol. The van der Waals surface area contributed by atoms with Crippen LogP contribution in [0.2, 0.25) is 0 Å². The standard InChI is InChI=1S/C8H8N2O2/c1-5-3-7(6(2)10-5)8(12)9-4-11/h3,10H,1-2H3. The van der Waals surface area contributed by atoms with Gasteiger partial charge in [-0.3, -0.25) is 4.79 Å². The van der Waals surface area contributed by atoms with Gasteiger partial charge in [-0.25, -0.2) is 4.79 Å². The Balaban J connectivity index is 3.10. The van der Waals surface area contributed by atoms with Gasteiger partial charge in [-0.05, 0) is 19.9 Å². The van der Waals surface area contributed by atoms with E-state index in [4.69, 9.17) is 0 Å². The number of amides is 1. The first-order chi connectivity index (χ1) is 5.65. The first-order valence-electron chi connectivity index (χ1n) is 3.43. The summed E-state index contributed by atoms with van der Waals surface area (Å²) in [4.78, 5) is 26.8. The summed E-state index contributed by atoms with van der Waals surface area (Å²) in [6, 6.07) is 1.65. The molecule has 0 aliphatic heterocycles. The minimum Gasteiger partial charge on any atom is -0.362 e. The van der Waals surface area contributed by atoms with Gasteiger partial charge in [0.25, 0.3) is 5.91 Å². The van der Waals surface area contributed by atoms with E-state index in [1.165, 1.54) is 6.08 Å². The van der Waals surface area contributed by atoms with Gasteiger partial charge in [-0.15, -0.1) is 4.99 Å². The number of isocyanates is 1. The van der Waals surface area contributed by atoms with E-state index in [2.05, 4.69) is 9.98 Å². The van der Waals surface area contributed by atoms with E-state index in [1.807, 2.05) is 6.92 Å². The van der Waals surface area contributed by atoms with Gasteiger partial charge in [0.05, 0.1) is 5.56 Å². The van der Waals surface area contributed by atoms with Gasteiger partial charge < -0.3 is 4.98 Å². The number of carbonyl (C=O) groups is 1. The lowest BCUT2D eigenvalue weighted by Crippen LogP contribution is -1.94. The van der Waals surface area contributed by atoms with E-state index >= 15 is 0 Å². The Morgan fingerprint density at radius 3 is 2.67 bits per heavy atom. The first kappa shape index (κ1) is 8.43. The van der Waals surface area contributed by atoms with E-state index in [-0.39, 0.29) is 0 Å². The number of carbonyl (C=O) groups excluding carboxylic acids is 2. The zero-order valence-electron chi connectivity index (χ0n) is 6.84. The lowest BCUT2D eigenvalue weighted by atomic mass is 10.2. The molecule has 0 unspecified atom stereocenters.